The lowest BCUT2D eigenvalue weighted by molar-refractivity contribution is -0.125. The molecule has 5 unspecified atom stereocenters. The molecule has 1 aliphatic rings. The van der Waals surface area contributed by atoms with Crippen molar-refractivity contribution >= 4 is 35.0 Å². The van der Waals surface area contributed by atoms with E-state index in [-0.39, 0.29) is 39.7 Å². The first-order chi connectivity index (χ1) is 21.0. The summed E-state index contributed by atoms with van der Waals surface area (Å²) in [6.07, 6.45) is -1.15. The van der Waals surface area contributed by atoms with Crippen LogP contribution in [0.3, 0.4) is 0 Å². The summed E-state index contributed by atoms with van der Waals surface area (Å²) in [5.74, 6) is -4.35. The molecule has 0 aliphatic carbocycles. The van der Waals surface area contributed by atoms with Crippen LogP contribution in [0.4, 0.5) is 8.78 Å². The number of carbonyl (C=O) groups is 2. The Morgan fingerprint density at radius 1 is 1.16 bits per heavy atom. The van der Waals surface area contributed by atoms with Gasteiger partial charge in [0.1, 0.15) is 28.8 Å². The van der Waals surface area contributed by atoms with Gasteiger partial charge < -0.3 is 25.2 Å². The molecule has 232 valence electrons. The van der Waals surface area contributed by atoms with Crippen LogP contribution in [0, 0.1) is 23.0 Å². The van der Waals surface area contributed by atoms with Gasteiger partial charge in [0.25, 0.3) is 5.91 Å². The maximum Gasteiger partial charge on any atom is 0.255 e. The van der Waals surface area contributed by atoms with Crippen molar-refractivity contribution in [1.29, 1.82) is 5.26 Å². The number of likely N-dealkylation sites (tertiary alicyclic amines) is 1. The van der Waals surface area contributed by atoms with Gasteiger partial charge in [-0.3, -0.25) is 9.59 Å². The monoisotopic (exact) mass is 645 g/mol. The predicted molar refractivity (Wildman–Crippen MR) is 161 cm³/mol. The number of hydrogen-bond acceptors (Lipinski definition) is 6. The highest BCUT2D eigenvalue weighted by molar-refractivity contribution is 6.31. The second-order valence-electron chi connectivity index (χ2n) is 10.4. The molecule has 0 bridgehead atoms. The molecule has 4 rings (SSSR count). The van der Waals surface area contributed by atoms with Crippen LogP contribution in [0.2, 0.25) is 10.0 Å². The highest BCUT2D eigenvalue weighted by atomic mass is 35.5. The number of nitrogens with zero attached hydrogens (tertiary/aromatic N) is 2. The van der Waals surface area contributed by atoms with E-state index in [2.05, 4.69) is 11.4 Å². The molecule has 12 heteroatoms. The summed E-state index contributed by atoms with van der Waals surface area (Å²) in [4.78, 5) is 29.6. The molecule has 0 aromatic heterocycles. The van der Waals surface area contributed by atoms with Crippen molar-refractivity contribution in [2.24, 2.45) is 0 Å². The number of amides is 2. The van der Waals surface area contributed by atoms with Crippen LogP contribution in [-0.4, -0.2) is 64.9 Å². The van der Waals surface area contributed by atoms with E-state index in [1.807, 2.05) is 0 Å². The molecular weight excluding hydrogens is 615 g/mol. The first-order valence-electron chi connectivity index (χ1n) is 13.9. The van der Waals surface area contributed by atoms with Gasteiger partial charge in [0, 0.05) is 28.6 Å². The lowest BCUT2D eigenvalue weighted by Gasteiger charge is -2.34. The van der Waals surface area contributed by atoms with Gasteiger partial charge >= 0.3 is 0 Å². The third kappa shape index (κ3) is 6.10. The molecule has 5 atom stereocenters. The molecule has 0 radical (unpaired) electrons. The molecule has 1 aliphatic heterocycles. The normalized spacial score (nSPS) is 21.9. The number of carbonyl (C=O) groups excluding carboxylic acids is 2. The van der Waals surface area contributed by atoms with Gasteiger partial charge in [0.2, 0.25) is 5.91 Å². The van der Waals surface area contributed by atoms with Crippen LogP contribution in [0.5, 0.6) is 5.75 Å². The molecule has 1 heterocycles. The molecule has 2 amide bonds. The standard InChI is InChI=1S/C32H31Cl2F2N3O5/c1-3-44-22-7-4-6-19(14-22)31(43)39-18(2)32(17-37,24-11-10-20(33)15-26(24)35)27(23-8-5-9-25(34)28(23)36)29(39)30(42)38-13-12-21(41)16-40/h4-11,14-15,18,21,27,29,40-41H,3,12-13,16H2,1-2H3,(H,38,42). The minimum Gasteiger partial charge on any atom is -0.494 e. The molecule has 0 saturated carbocycles. The molecule has 0 spiro atoms. The van der Waals surface area contributed by atoms with Gasteiger partial charge in [0.05, 0.1) is 36.5 Å². The average molecular weight is 647 g/mol. The fourth-order valence-electron chi connectivity index (χ4n) is 5.92. The van der Waals surface area contributed by atoms with Gasteiger partial charge in [-0.25, -0.2) is 8.78 Å². The second-order valence-corrected chi connectivity index (χ2v) is 11.3. The zero-order chi connectivity index (χ0) is 32.2. The van der Waals surface area contributed by atoms with Crippen molar-refractivity contribution in [2.75, 3.05) is 19.8 Å². The lowest BCUT2D eigenvalue weighted by Crippen LogP contribution is -2.50. The van der Waals surface area contributed by atoms with E-state index in [1.54, 1.807) is 19.1 Å². The molecule has 8 nitrogen and oxygen atoms in total. The quantitative estimate of drug-likeness (QED) is 0.286. The smallest absolute Gasteiger partial charge is 0.255 e. The Bertz CT molecular complexity index is 1590. The maximum absolute atomic E-state index is 15.9. The molecular formula is C32H31Cl2F2N3O5. The average Bonchev–Trinajstić information content (AvgIpc) is 3.26. The van der Waals surface area contributed by atoms with Gasteiger partial charge in [-0.2, -0.15) is 5.26 Å². The molecule has 3 N–H and O–H groups in total. The predicted octanol–water partition coefficient (Wildman–Crippen LogP) is 4.99. The summed E-state index contributed by atoms with van der Waals surface area (Å²) < 4.78 is 37.2. The van der Waals surface area contributed by atoms with E-state index >= 15 is 8.78 Å². The van der Waals surface area contributed by atoms with Crippen LogP contribution in [0.25, 0.3) is 0 Å². The molecule has 1 saturated heterocycles. The van der Waals surface area contributed by atoms with Crippen molar-refractivity contribution in [3.8, 4) is 11.8 Å². The summed E-state index contributed by atoms with van der Waals surface area (Å²) in [5.41, 5.74) is -2.26. The zero-order valence-electron chi connectivity index (χ0n) is 23.9. The Labute approximate surface area is 263 Å². The summed E-state index contributed by atoms with van der Waals surface area (Å²) in [5, 5.41) is 32.4. The molecule has 1 fully saturated rings. The minimum atomic E-state index is -2.01. The van der Waals surface area contributed by atoms with Crippen LogP contribution in [-0.2, 0) is 10.2 Å². The largest absolute Gasteiger partial charge is 0.494 e. The Morgan fingerprint density at radius 3 is 2.55 bits per heavy atom. The topological polar surface area (TPSA) is 123 Å². The summed E-state index contributed by atoms with van der Waals surface area (Å²) in [7, 11) is 0. The number of nitriles is 1. The number of ether oxygens (including phenoxy) is 1. The van der Waals surface area contributed by atoms with E-state index in [9.17, 15) is 25.1 Å². The number of benzene rings is 3. The fraction of sp³-hybridized carbons (Fsp3) is 0.344. The van der Waals surface area contributed by atoms with Crippen LogP contribution < -0.4 is 10.1 Å². The number of nitrogens with one attached hydrogen (secondary N) is 1. The van der Waals surface area contributed by atoms with Crippen molar-refractivity contribution in [1.82, 2.24) is 10.2 Å². The SMILES string of the molecule is CCOc1cccc(C(=O)N2C(C(=O)NCCC(O)CO)C(c3cccc(Cl)c3F)C(C#N)(c3ccc(Cl)cc3F)C2C)c1. The van der Waals surface area contributed by atoms with Crippen molar-refractivity contribution in [3.63, 3.8) is 0 Å². The molecule has 3 aromatic carbocycles. The van der Waals surface area contributed by atoms with Crippen LogP contribution in [0.1, 0.15) is 47.7 Å². The van der Waals surface area contributed by atoms with Crippen molar-refractivity contribution < 1.29 is 33.3 Å². The summed E-state index contributed by atoms with van der Waals surface area (Å²) >= 11 is 12.2. The van der Waals surface area contributed by atoms with E-state index in [0.29, 0.717) is 12.4 Å². The Morgan fingerprint density at radius 2 is 1.89 bits per heavy atom. The van der Waals surface area contributed by atoms with Gasteiger partial charge in [0.15, 0.2) is 0 Å². The first-order valence-corrected chi connectivity index (χ1v) is 14.7. The third-order valence-corrected chi connectivity index (χ3v) is 8.47. The second kappa shape index (κ2) is 13.9. The maximum atomic E-state index is 15.9. The van der Waals surface area contributed by atoms with Gasteiger partial charge in [-0.15, -0.1) is 0 Å². The Balaban J connectivity index is 1.99. The van der Waals surface area contributed by atoms with E-state index in [0.717, 1.165) is 11.0 Å². The van der Waals surface area contributed by atoms with Gasteiger partial charge in [-0.1, -0.05) is 47.5 Å². The highest BCUT2D eigenvalue weighted by Gasteiger charge is 2.64. The summed E-state index contributed by atoms with van der Waals surface area (Å²) in [6.45, 7) is 2.94. The number of halogens is 4. The fourth-order valence-corrected chi connectivity index (χ4v) is 6.26. The number of aliphatic hydroxyl groups excluding tert-OH is 2. The molecule has 3 aromatic rings. The Hall–Kier alpha value is -3.75. The Kier molecular flexibility index (Phi) is 10.5. The van der Waals surface area contributed by atoms with Crippen LogP contribution in [0.15, 0.2) is 60.7 Å². The third-order valence-electron chi connectivity index (χ3n) is 7.94. The highest BCUT2D eigenvalue weighted by Crippen LogP contribution is 2.54. The minimum absolute atomic E-state index is 0.0275. The number of aliphatic hydroxyl groups is 2. The van der Waals surface area contributed by atoms with E-state index < -0.39 is 59.6 Å². The van der Waals surface area contributed by atoms with Crippen LogP contribution >= 0.6 is 23.2 Å². The number of hydrogen-bond donors (Lipinski definition) is 3. The zero-order valence-corrected chi connectivity index (χ0v) is 25.4. The van der Waals surface area contributed by atoms with Crippen molar-refractivity contribution in [2.45, 2.75) is 49.8 Å². The first kappa shape index (κ1) is 33.1. The van der Waals surface area contributed by atoms with Gasteiger partial charge in [-0.05, 0) is 62.2 Å². The number of rotatable bonds is 10. The van der Waals surface area contributed by atoms with Crippen molar-refractivity contribution in [3.05, 3.63) is 99.0 Å². The van der Waals surface area contributed by atoms with E-state index in [4.69, 9.17) is 27.9 Å². The van der Waals surface area contributed by atoms with E-state index in [1.165, 1.54) is 49.4 Å². The molecule has 44 heavy (non-hydrogen) atoms. The lowest BCUT2D eigenvalue weighted by atomic mass is 9.65. The summed E-state index contributed by atoms with van der Waals surface area (Å²) in [6, 6.07) is 13.4.